The number of thioether (sulfide) groups is 1. The van der Waals surface area contributed by atoms with Crippen LogP contribution in [0.4, 0.5) is 4.39 Å². The third-order valence-electron chi connectivity index (χ3n) is 4.15. The van der Waals surface area contributed by atoms with Crippen molar-refractivity contribution in [1.29, 1.82) is 0 Å². The van der Waals surface area contributed by atoms with E-state index in [0.29, 0.717) is 5.25 Å². The van der Waals surface area contributed by atoms with E-state index >= 15 is 0 Å². The van der Waals surface area contributed by atoms with Gasteiger partial charge in [0.15, 0.2) is 0 Å². The Morgan fingerprint density at radius 3 is 2.85 bits per heavy atom. The standard InChI is InChI=1S/C17H26FNS/c1-4-19-13(3)14-8-9-17(16(18)11-14)20-15-7-5-6-12(2)10-15/h8-9,11-13,15,19H,4-7,10H2,1-3H3. The predicted molar refractivity (Wildman–Crippen MR) is 85.8 cm³/mol. The van der Waals surface area contributed by atoms with Crippen molar-refractivity contribution in [2.75, 3.05) is 6.54 Å². The highest BCUT2D eigenvalue weighted by Crippen LogP contribution is 2.37. The molecule has 1 aliphatic rings. The Bertz CT molecular complexity index is 435. The zero-order chi connectivity index (χ0) is 14.5. The van der Waals surface area contributed by atoms with Crippen molar-refractivity contribution >= 4 is 11.8 Å². The number of halogens is 1. The monoisotopic (exact) mass is 295 g/mol. The third kappa shape index (κ3) is 4.23. The van der Waals surface area contributed by atoms with Crippen molar-refractivity contribution < 1.29 is 4.39 Å². The van der Waals surface area contributed by atoms with Crippen LogP contribution in [-0.4, -0.2) is 11.8 Å². The molecule has 0 spiro atoms. The Morgan fingerprint density at radius 2 is 2.20 bits per heavy atom. The lowest BCUT2D eigenvalue weighted by atomic mass is 9.91. The normalized spacial score (nSPS) is 24.6. The Kier molecular flexibility index (Phi) is 5.91. The molecule has 0 amide bonds. The third-order valence-corrected chi connectivity index (χ3v) is 5.49. The van der Waals surface area contributed by atoms with Crippen LogP contribution >= 0.6 is 11.8 Å². The Morgan fingerprint density at radius 1 is 1.40 bits per heavy atom. The van der Waals surface area contributed by atoms with Crippen LogP contribution < -0.4 is 5.32 Å². The van der Waals surface area contributed by atoms with E-state index in [0.717, 1.165) is 22.9 Å². The molecule has 20 heavy (non-hydrogen) atoms. The number of rotatable bonds is 5. The summed E-state index contributed by atoms with van der Waals surface area (Å²) >= 11 is 1.73. The van der Waals surface area contributed by atoms with Crippen LogP contribution in [0.25, 0.3) is 0 Å². The second kappa shape index (κ2) is 7.46. The summed E-state index contributed by atoms with van der Waals surface area (Å²) in [4.78, 5) is 0.816. The van der Waals surface area contributed by atoms with Crippen LogP contribution in [0.1, 0.15) is 58.1 Å². The summed E-state index contributed by atoms with van der Waals surface area (Å²) in [5, 5.41) is 3.91. The highest BCUT2D eigenvalue weighted by atomic mass is 32.2. The van der Waals surface area contributed by atoms with Gasteiger partial charge in [-0.05, 0) is 49.9 Å². The Labute approximate surface area is 126 Å². The van der Waals surface area contributed by atoms with Crippen molar-refractivity contribution in [3.8, 4) is 0 Å². The van der Waals surface area contributed by atoms with Gasteiger partial charge < -0.3 is 5.32 Å². The van der Waals surface area contributed by atoms with Crippen LogP contribution in [0, 0.1) is 11.7 Å². The molecule has 3 atom stereocenters. The lowest BCUT2D eigenvalue weighted by Crippen LogP contribution is -2.18. The number of benzene rings is 1. The maximum atomic E-state index is 14.3. The molecule has 112 valence electrons. The van der Waals surface area contributed by atoms with Gasteiger partial charge in [-0.1, -0.05) is 32.8 Å². The summed E-state index contributed by atoms with van der Waals surface area (Å²) < 4.78 is 14.3. The first-order chi connectivity index (χ1) is 9.60. The number of hydrogen-bond donors (Lipinski definition) is 1. The van der Waals surface area contributed by atoms with E-state index in [-0.39, 0.29) is 11.9 Å². The van der Waals surface area contributed by atoms with Gasteiger partial charge in [0.1, 0.15) is 5.82 Å². The minimum atomic E-state index is -0.0597. The summed E-state index contributed by atoms with van der Waals surface area (Å²) in [6.45, 7) is 7.36. The van der Waals surface area contributed by atoms with Crippen LogP contribution in [0.5, 0.6) is 0 Å². The summed E-state index contributed by atoms with van der Waals surface area (Å²) in [7, 11) is 0. The van der Waals surface area contributed by atoms with Gasteiger partial charge in [-0.15, -0.1) is 11.8 Å². The highest BCUT2D eigenvalue weighted by Gasteiger charge is 2.21. The molecule has 3 heteroatoms. The Balaban J connectivity index is 2.02. The van der Waals surface area contributed by atoms with Crippen molar-refractivity contribution in [2.24, 2.45) is 5.92 Å². The second-order valence-corrected chi connectivity index (χ2v) is 7.32. The van der Waals surface area contributed by atoms with Crippen LogP contribution in [0.3, 0.4) is 0 Å². The van der Waals surface area contributed by atoms with E-state index in [4.69, 9.17) is 0 Å². The maximum Gasteiger partial charge on any atom is 0.137 e. The van der Waals surface area contributed by atoms with Gasteiger partial charge in [-0.25, -0.2) is 4.39 Å². The number of hydrogen-bond acceptors (Lipinski definition) is 2. The highest BCUT2D eigenvalue weighted by molar-refractivity contribution is 8.00. The molecule has 2 rings (SSSR count). The summed E-state index contributed by atoms with van der Waals surface area (Å²) in [6, 6.07) is 5.93. The summed E-state index contributed by atoms with van der Waals surface area (Å²) in [5.41, 5.74) is 1.03. The number of nitrogens with one attached hydrogen (secondary N) is 1. The van der Waals surface area contributed by atoms with Gasteiger partial charge >= 0.3 is 0 Å². The molecule has 1 aromatic carbocycles. The van der Waals surface area contributed by atoms with Gasteiger partial charge in [0.05, 0.1) is 0 Å². The summed E-state index contributed by atoms with van der Waals surface area (Å²) in [6.07, 6.45) is 5.07. The van der Waals surface area contributed by atoms with E-state index in [2.05, 4.69) is 32.2 Å². The zero-order valence-electron chi connectivity index (χ0n) is 12.8. The lowest BCUT2D eigenvalue weighted by Gasteiger charge is -2.26. The van der Waals surface area contributed by atoms with Crippen molar-refractivity contribution in [3.63, 3.8) is 0 Å². The average molecular weight is 295 g/mol. The van der Waals surface area contributed by atoms with Gasteiger partial charge in [0, 0.05) is 16.2 Å². The van der Waals surface area contributed by atoms with E-state index in [1.54, 1.807) is 17.8 Å². The Hall–Kier alpha value is -0.540. The molecular weight excluding hydrogens is 269 g/mol. The zero-order valence-corrected chi connectivity index (χ0v) is 13.6. The lowest BCUT2D eigenvalue weighted by molar-refractivity contribution is 0.394. The van der Waals surface area contributed by atoms with E-state index in [1.807, 2.05) is 6.07 Å². The molecule has 1 aliphatic carbocycles. The first kappa shape index (κ1) is 15.8. The van der Waals surface area contributed by atoms with Gasteiger partial charge in [0.2, 0.25) is 0 Å². The molecule has 0 radical (unpaired) electrons. The van der Waals surface area contributed by atoms with Gasteiger partial charge in [0.25, 0.3) is 0 Å². The van der Waals surface area contributed by atoms with E-state index < -0.39 is 0 Å². The van der Waals surface area contributed by atoms with Gasteiger partial charge in [-0.3, -0.25) is 0 Å². The second-order valence-electron chi connectivity index (χ2n) is 5.98. The fraction of sp³-hybridized carbons (Fsp3) is 0.647. The minimum Gasteiger partial charge on any atom is -0.310 e. The molecule has 1 N–H and O–H groups in total. The van der Waals surface area contributed by atoms with Crippen LogP contribution in [0.2, 0.25) is 0 Å². The summed E-state index contributed by atoms with van der Waals surface area (Å²) in [5.74, 6) is 0.729. The van der Waals surface area contributed by atoms with Crippen molar-refractivity contribution in [3.05, 3.63) is 29.6 Å². The molecule has 1 saturated carbocycles. The fourth-order valence-corrected chi connectivity index (χ4v) is 4.36. The smallest absolute Gasteiger partial charge is 0.137 e. The SMILES string of the molecule is CCNC(C)c1ccc(SC2CCCC(C)C2)c(F)c1. The molecule has 0 bridgehead atoms. The first-order valence-electron chi connectivity index (χ1n) is 7.79. The molecule has 1 aromatic rings. The molecule has 0 heterocycles. The molecule has 1 nitrogen and oxygen atoms in total. The maximum absolute atomic E-state index is 14.3. The molecule has 3 unspecified atom stereocenters. The predicted octanol–water partition coefficient (Wildman–Crippen LogP) is 5.17. The van der Waals surface area contributed by atoms with Crippen molar-refractivity contribution in [1.82, 2.24) is 5.32 Å². The van der Waals surface area contributed by atoms with Crippen LogP contribution in [0.15, 0.2) is 23.1 Å². The molecule has 0 saturated heterocycles. The average Bonchev–Trinajstić information content (AvgIpc) is 2.41. The molecule has 1 fully saturated rings. The quantitative estimate of drug-likeness (QED) is 0.804. The van der Waals surface area contributed by atoms with Gasteiger partial charge in [-0.2, -0.15) is 0 Å². The van der Waals surface area contributed by atoms with E-state index in [9.17, 15) is 4.39 Å². The minimum absolute atomic E-state index is 0.0597. The van der Waals surface area contributed by atoms with Crippen molar-refractivity contribution in [2.45, 2.75) is 62.6 Å². The topological polar surface area (TPSA) is 12.0 Å². The molecule has 0 aromatic heterocycles. The largest absolute Gasteiger partial charge is 0.310 e. The van der Waals surface area contributed by atoms with E-state index in [1.165, 1.54) is 25.7 Å². The molecular formula is C17H26FNS. The van der Waals surface area contributed by atoms with Crippen LogP contribution in [-0.2, 0) is 0 Å². The first-order valence-corrected chi connectivity index (χ1v) is 8.67. The molecule has 0 aliphatic heterocycles. The fourth-order valence-electron chi connectivity index (χ4n) is 2.97.